The van der Waals surface area contributed by atoms with Crippen LogP contribution in [0, 0.1) is 0 Å². The Morgan fingerprint density at radius 1 is 1.17 bits per heavy atom. The molecule has 1 aromatic carbocycles. The van der Waals surface area contributed by atoms with Crippen LogP contribution in [0.25, 0.3) is 0 Å². The molecule has 0 spiro atoms. The van der Waals surface area contributed by atoms with Crippen LogP contribution in [0.1, 0.15) is 18.9 Å². The molecule has 1 rings (SSSR count). The molecule has 0 heterocycles. The van der Waals surface area contributed by atoms with E-state index in [1.165, 1.54) is 12.1 Å². The van der Waals surface area contributed by atoms with Crippen molar-refractivity contribution in [2.45, 2.75) is 19.8 Å². The molecular weight excluding hydrogens is 316 g/mol. The van der Waals surface area contributed by atoms with Gasteiger partial charge in [0, 0.05) is 6.54 Å². The largest absolute Gasteiger partial charge is 0.504 e. The molecule has 0 radical (unpaired) electrons. The van der Waals surface area contributed by atoms with Crippen molar-refractivity contribution in [3.8, 4) is 11.5 Å². The normalized spacial score (nSPS) is 9.26. The van der Waals surface area contributed by atoms with Crippen molar-refractivity contribution < 1.29 is 10.2 Å². The van der Waals surface area contributed by atoms with Gasteiger partial charge in [-0.1, -0.05) is 6.07 Å². The van der Waals surface area contributed by atoms with Gasteiger partial charge >= 0.3 is 0 Å². The summed E-state index contributed by atoms with van der Waals surface area (Å²) in [5.41, 5.74) is 6.24. The van der Waals surface area contributed by atoms with Gasteiger partial charge in [-0.25, -0.2) is 9.98 Å². The predicted octanol–water partition coefficient (Wildman–Crippen LogP) is 2.15. The molecule has 0 bridgehead atoms. The van der Waals surface area contributed by atoms with Crippen molar-refractivity contribution >= 4 is 18.4 Å². The van der Waals surface area contributed by atoms with Crippen LogP contribution in [0.15, 0.2) is 28.2 Å². The summed E-state index contributed by atoms with van der Waals surface area (Å²) in [6, 6.07) is 7.35. The first-order valence-electron chi connectivity index (χ1n) is 7.44. The molecule has 1 aromatic rings. The first-order chi connectivity index (χ1) is 10.5. The van der Waals surface area contributed by atoms with Crippen molar-refractivity contribution in [1.29, 1.82) is 0 Å². The lowest BCUT2D eigenvalue weighted by Gasteiger charge is -2.05. The number of halogens is 1. The second kappa shape index (κ2) is 15.3. The fourth-order valence-electron chi connectivity index (χ4n) is 1.53. The van der Waals surface area contributed by atoms with Crippen molar-refractivity contribution in [1.82, 2.24) is 4.90 Å². The van der Waals surface area contributed by atoms with E-state index >= 15 is 0 Å². The zero-order valence-corrected chi connectivity index (χ0v) is 15.0. The molecule has 0 saturated carbocycles. The molecule has 132 valence electrons. The van der Waals surface area contributed by atoms with Crippen LogP contribution in [-0.4, -0.2) is 61.4 Å². The topological polar surface area (TPSA) is 94.4 Å². The third-order valence-corrected chi connectivity index (χ3v) is 2.65. The van der Waals surface area contributed by atoms with Crippen LogP contribution in [0.2, 0.25) is 0 Å². The van der Waals surface area contributed by atoms with E-state index in [1.54, 1.807) is 6.07 Å². The van der Waals surface area contributed by atoms with Gasteiger partial charge in [-0.2, -0.15) is 0 Å². The summed E-state index contributed by atoms with van der Waals surface area (Å²) in [5, 5.41) is 18.0. The van der Waals surface area contributed by atoms with Crippen molar-refractivity contribution in [3.05, 3.63) is 23.8 Å². The monoisotopic (exact) mass is 344 g/mol. The zero-order chi connectivity index (χ0) is 16.8. The quantitative estimate of drug-likeness (QED) is 0.401. The zero-order valence-electron chi connectivity index (χ0n) is 14.2. The Labute approximate surface area is 145 Å². The van der Waals surface area contributed by atoms with E-state index in [-0.39, 0.29) is 23.9 Å². The lowest BCUT2D eigenvalue weighted by Crippen LogP contribution is -2.13. The summed E-state index contributed by atoms with van der Waals surface area (Å²) in [7, 11) is 4.12. The van der Waals surface area contributed by atoms with E-state index in [9.17, 15) is 0 Å². The van der Waals surface area contributed by atoms with E-state index in [2.05, 4.69) is 35.0 Å². The number of aliphatic imine (C=N–C) groups is 2. The number of nitrogens with zero attached hydrogens (tertiary/aromatic N) is 3. The molecule has 6 nitrogen and oxygen atoms in total. The van der Waals surface area contributed by atoms with Crippen LogP contribution in [0.5, 0.6) is 11.5 Å². The molecule has 0 aromatic heterocycles. The minimum Gasteiger partial charge on any atom is -0.504 e. The standard InChI is InChI=1S/C8H17N3.C8H11NO2.ClH/c1-4-9-8-10-6-5-7-11(2)3;9-4-3-6-1-2-7(10)8(11)5-6;/h4-7H2,1-3H3;1-2,5,10-11H,3-4,9H2;1H. The van der Waals surface area contributed by atoms with E-state index in [4.69, 9.17) is 15.9 Å². The smallest absolute Gasteiger partial charge is 0.157 e. The molecule has 23 heavy (non-hydrogen) atoms. The van der Waals surface area contributed by atoms with E-state index in [0.717, 1.165) is 31.6 Å². The minimum absolute atomic E-state index is 0. The summed E-state index contributed by atoms with van der Waals surface area (Å²) >= 11 is 0. The molecule has 0 aliphatic heterocycles. The Morgan fingerprint density at radius 3 is 2.39 bits per heavy atom. The average Bonchev–Trinajstić information content (AvgIpc) is 2.47. The van der Waals surface area contributed by atoms with Gasteiger partial charge in [0.1, 0.15) is 0 Å². The summed E-state index contributed by atoms with van der Waals surface area (Å²) in [6.45, 7) is 5.21. The highest BCUT2D eigenvalue weighted by molar-refractivity contribution is 5.85. The van der Waals surface area contributed by atoms with E-state index in [0.29, 0.717) is 13.0 Å². The van der Waals surface area contributed by atoms with Crippen LogP contribution < -0.4 is 5.73 Å². The maximum Gasteiger partial charge on any atom is 0.157 e. The number of hydrogen-bond donors (Lipinski definition) is 3. The maximum atomic E-state index is 9.04. The van der Waals surface area contributed by atoms with Gasteiger partial charge in [-0.05, 0) is 64.6 Å². The molecule has 0 aliphatic carbocycles. The number of nitrogens with two attached hydrogens (primary N) is 1. The molecule has 0 unspecified atom stereocenters. The number of rotatable bonds is 7. The second-order valence-electron chi connectivity index (χ2n) is 4.97. The number of aromatic hydroxyl groups is 2. The van der Waals surface area contributed by atoms with Gasteiger partial charge in [0.2, 0.25) is 0 Å². The van der Waals surface area contributed by atoms with Gasteiger partial charge in [-0.3, -0.25) is 0 Å². The number of phenolic OH excluding ortho intramolecular Hbond substituents is 2. The van der Waals surface area contributed by atoms with Gasteiger partial charge < -0.3 is 20.8 Å². The summed E-state index contributed by atoms with van der Waals surface area (Å²) in [6.07, 6.45) is 1.80. The van der Waals surface area contributed by atoms with E-state index in [1.807, 2.05) is 6.92 Å². The molecule has 0 amide bonds. The SMILES string of the molecule is CCN=C=NCCCN(C)C.Cl.NCCc1ccc(O)c(O)c1. The molecule has 0 saturated heterocycles. The molecule has 0 atom stereocenters. The van der Waals surface area contributed by atoms with Crippen LogP contribution in [0.3, 0.4) is 0 Å². The number of benzene rings is 1. The lowest BCUT2D eigenvalue weighted by atomic mass is 10.1. The van der Waals surface area contributed by atoms with Gasteiger partial charge in [0.25, 0.3) is 0 Å². The third kappa shape index (κ3) is 13.8. The van der Waals surface area contributed by atoms with Crippen molar-refractivity contribution in [2.75, 3.05) is 40.3 Å². The fourth-order valence-corrected chi connectivity index (χ4v) is 1.53. The molecule has 0 fully saturated rings. The van der Waals surface area contributed by atoms with Gasteiger partial charge in [-0.15, -0.1) is 12.4 Å². The summed E-state index contributed by atoms with van der Waals surface area (Å²) in [4.78, 5) is 9.99. The van der Waals surface area contributed by atoms with E-state index < -0.39 is 0 Å². The lowest BCUT2D eigenvalue weighted by molar-refractivity contribution is 0.403. The maximum absolute atomic E-state index is 9.04. The van der Waals surface area contributed by atoms with Crippen molar-refractivity contribution in [2.24, 2.45) is 15.7 Å². The first kappa shape index (κ1) is 23.7. The van der Waals surface area contributed by atoms with Crippen LogP contribution in [-0.2, 0) is 6.42 Å². The third-order valence-electron chi connectivity index (χ3n) is 2.65. The summed E-state index contributed by atoms with van der Waals surface area (Å²) in [5.74, 6) is -0.179. The van der Waals surface area contributed by atoms with Crippen LogP contribution in [0.4, 0.5) is 0 Å². The minimum atomic E-state index is -0.0919. The highest BCUT2D eigenvalue weighted by atomic mass is 35.5. The van der Waals surface area contributed by atoms with Crippen LogP contribution >= 0.6 is 12.4 Å². The fraction of sp³-hybridized carbons (Fsp3) is 0.562. The highest BCUT2D eigenvalue weighted by Crippen LogP contribution is 2.24. The molecular formula is C16H29ClN4O2. The summed E-state index contributed by atoms with van der Waals surface area (Å²) < 4.78 is 0. The number of phenols is 2. The Morgan fingerprint density at radius 2 is 1.87 bits per heavy atom. The van der Waals surface area contributed by atoms with Crippen molar-refractivity contribution in [3.63, 3.8) is 0 Å². The van der Waals surface area contributed by atoms with Gasteiger partial charge in [0.15, 0.2) is 11.5 Å². The first-order valence-corrected chi connectivity index (χ1v) is 7.44. The predicted molar refractivity (Wildman–Crippen MR) is 98.2 cm³/mol. The Balaban J connectivity index is 0. The molecule has 4 N–H and O–H groups in total. The number of hydrogen-bond acceptors (Lipinski definition) is 6. The molecule has 7 heteroatoms. The highest BCUT2D eigenvalue weighted by Gasteiger charge is 1.98. The Bertz CT molecular complexity index is 475. The Kier molecular flexibility index (Phi) is 15.8. The average molecular weight is 345 g/mol. The Hall–Kier alpha value is -1.59. The second-order valence-corrected chi connectivity index (χ2v) is 4.97. The van der Waals surface area contributed by atoms with Gasteiger partial charge in [0.05, 0.1) is 12.6 Å². The molecule has 0 aliphatic rings.